The van der Waals surface area contributed by atoms with Crippen LogP contribution in [0.1, 0.15) is 75.8 Å². The third-order valence-corrected chi connectivity index (χ3v) is 9.42. The molecule has 4 aliphatic carbocycles. The van der Waals surface area contributed by atoms with Crippen molar-refractivity contribution in [2.24, 2.45) is 17.8 Å². The van der Waals surface area contributed by atoms with Crippen LogP contribution in [0.25, 0.3) is 11.0 Å². The van der Waals surface area contributed by atoms with Crippen molar-refractivity contribution in [2.75, 3.05) is 13.1 Å². The van der Waals surface area contributed by atoms with E-state index in [4.69, 9.17) is 9.51 Å². The van der Waals surface area contributed by atoms with Crippen molar-refractivity contribution in [1.82, 2.24) is 24.6 Å². The van der Waals surface area contributed by atoms with Gasteiger partial charge in [-0.3, -0.25) is 4.90 Å². The van der Waals surface area contributed by atoms with Gasteiger partial charge in [0.15, 0.2) is 5.82 Å². The van der Waals surface area contributed by atoms with Crippen LogP contribution in [-0.2, 0) is 24.9 Å². The lowest BCUT2D eigenvalue weighted by molar-refractivity contribution is -0.0488. The van der Waals surface area contributed by atoms with E-state index < -0.39 is 5.60 Å². The SMILES string of the molecule is CCc1noc(CC2(O)CCCN(Cc3nc4ccccc4n3C34CC5CC(CC(C5)C3)C4)C2)n1. The largest absolute Gasteiger partial charge is 0.388 e. The minimum atomic E-state index is -0.840. The molecule has 1 aromatic carbocycles. The van der Waals surface area contributed by atoms with Gasteiger partial charge < -0.3 is 14.2 Å². The van der Waals surface area contributed by atoms with E-state index in [0.29, 0.717) is 24.7 Å². The van der Waals surface area contributed by atoms with Gasteiger partial charge >= 0.3 is 0 Å². The molecule has 7 heteroatoms. The van der Waals surface area contributed by atoms with Crippen LogP contribution in [0.5, 0.6) is 0 Å². The molecule has 186 valence electrons. The number of para-hydroxylation sites is 2. The number of aryl methyl sites for hydroxylation is 1. The van der Waals surface area contributed by atoms with Crippen LogP contribution in [0, 0.1) is 17.8 Å². The standard InChI is InChI=1S/C28H37N5O2/c1-2-24-30-26(35-31-24)16-28(34)8-5-9-32(18-28)17-25-29-22-6-3-4-7-23(22)33(25)27-13-19-10-20(14-27)12-21(11-19)15-27/h3-4,6-7,19-21,34H,2,5,8-18H2,1H3. The van der Waals surface area contributed by atoms with Crippen molar-refractivity contribution >= 4 is 11.0 Å². The number of nitrogens with zero attached hydrogens (tertiary/aromatic N) is 5. The lowest BCUT2D eigenvalue weighted by Gasteiger charge is -2.57. The fourth-order valence-electron chi connectivity index (χ4n) is 8.52. The van der Waals surface area contributed by atoms with Gasteiger partial charge in [0, 0.05) is 18.5 Å². The van der Waals surface area contributed by atoms with Crippen LogP contribution in [0.4, 0.5) is 0 Å². The molecule has 1 atom stereocenters. The highest BCUT2D eigenvalue weighted by atomic mass is 16.5. The Bertz CT molecular complexity index is 1200. The highest BCUT2D eigenvalue weighted by Gasteiger charge is 2.53. The Morgan fingerprint density at radius 1 is 1.06 bits per heavy atom. The summed E-state index contributed by atoms with van der Waals surface area (Å²) in [5.41, 5.74) is 1.80. The number of piperidine rings is 1. The Balaban J connectivity index is 1.19. The molecule has 1 unspecified atom stereocenters. The molecule has 2 aromatic heterocycles. The summed E-state index contributed by atoms with van der Waals surface area (Å²) in [5, 5.41) is 15.5. The second kappa shape index (κ2) is 8.13. The Morgan fingerprint density at radius 3 is 2.51 bits per heavy atom. The number of hydrogen-bond donors (Lipinski definition) is 1. The Labute approximate surface area is 206 Å². The van der Waals surface area contributed by atoms with Crippen molar-refractivity contribution in [3.63, 3.8) is 0 Å². The van der Waals surface area contributed by atoms with Gasteiger partial charge in [-0.2, -0.15) is 4.98 Å². The topological polar surface area (TPSA) is 80.2 Å². The van der Waals surface area contributed by atoms with Gasteiger partial charge in [-0.15, -0.1) is 0 Å². The van der Waals surface area contributed by atoms with Crippen LogP contribution < -0.4 is 0 Å². The molecule has 0 radical (unpaired) electrons. The number of aromatic nitrogens is 4. The maximum atomic E-state index is 11.5. The highest BCUT2D eigenvalue weighted by molar-refractivity contribution is 5.76. The summed E-state index contributed by atoms with van der Waals surface area (Å²) >= 11 is 0. The smallest absolute Gasteiger partial charge is 0.229 e. The molecule has 1 saturated heterocycles. The number of hydrogen-bond acceptors (Lipinski definition) is 6. The van der Waals surface area contributed by atoms with Crippen molar-refractivity contribution in [1.29, 1.82) is 0 Å². The molecule has 8 rings (SSSR count). The number of likely N-dealkylation sites (tertiary alicyclic amines) is 1. The number of benzene rings is 1. The first kappa shape index (κ1) is 22.0. The predicted molar refractivity (Wildman–Crippen MR) is 133 cm³/mol. The molecule has 0 spiro atoms. The lowest BCUT2D eigenvalue weighted by atomic mass is 9.53. The van der Waals surface area contributed by atoms with E-state index in [1.807, 2.05) is 6.92 Å². The van der Waals surface area contributed by atoms with Gasteiger partial charge in [0.2, 0.25) is 5.89 Å². The Hall–Kier alpha value is -2.25. The second-order valence-electron chi connectivity index (χ2n) is 12.2. The first-order chi connectivity index (χ1) is 17.0. The first-order valence-electron chi connectivity index (χ1n) is 13.7. The molecule has 4 saturated carbocycles. The molecule has 7 nitrogen and oxygen atoms in total. The zero-order chi connectivity index (χ0) is 23.6. The van der Waals surface area contributed by atoms with Gasteiger partial charge in [0.05, 0.1) is 29.6 Å². The summed E-state index contributed by atoms with van der Waals surface area (Å²) in [4.78, 5) is 12.1. The zero-order valence-electron chi connectivity index (χ0n) is 20.8. The molecule has 3 heterocycles. The first-order valence-corrected chi connectivity index (χ1v) is 13.7. The summed E-state index contributed by atoms with van der Waals surface area (Å²) in [7, 11) is 0. The third-order valence-electron chi connectivity index (χ3n) is 9.42. The van der Waals surface area contributed by atoms with Crippen LogP contribution >= 0.6 is 0 Å². The normalized spacial score (nSPS) is 34.7. The van der Waals surface area contributed by atoms with Crippen molar-refractivity contribution in [2.45, 2.75) is 88.8 Å². The quantitative estimate of drug-likeness (QED) is 0.566. The van der Waals surface area contributed by atoms with E-state index in [0.717, 1.165) is 55.6 Å². The number of β-amino-alcohol motifs (C(OH)–C–C–N with tert-alkyl or cyclic N) is 1. The molecule has 5 aliphatic rings. The van der Waals surface area contributed by atoms with Gasteiger partial charge in [0.1, 0.15) is 5.82 Å². The fourth-order valence-corrected chi connectivity index (χ4v) is 8.52. The van der Waals surface area contributed by atoms with Crippen molar-refractivity contribution in [3.05, 3.63) is 41.8 Å². The van der Waals surface area contributed by atoms with Gasteiger partial charge in [-0.05, 0) is 87.8 Å². The molecular weight excluding hydrogens is 438 g/mol. The number of fused-ring (bicyclic) bond motifs is 1. The molecule has 1 N–H and O–H groups in total. The van der Waals surface area contributed by atoms with E-state index >= 15 is 0 Å². The number of rotatable bonds is 6. The number of aliphatic hydroxyl groups is 1. The summed E-state index contributed by atoms with van der Waals surface area (Å²) in [6.07, 6.45) is 11.1. The summed E-state index contributed by atoms with van der Waals surface area (Å²) in [5.74, 6) is 5.10. The number of imidazole rings is 1. The molecular formula is C28H37N5O2. The van der Waals surface area contributed by atoms with Crippen LogP contribution in [0.2, 0.25) is 0 Å². The van der Waals surface area contributed by atoms with Gasteiger partial charge in [-0.1, -0.05) is 24.2 Å². The van der Waals surface area contributed by atoms with Crippen LogP contribution in [0.3, 0.4) is 0 Å². The second-order valence-corrected chi connectivity index (χ2v) is 12.2. The minimum Gasteiger partial charge on any atom is -0.388 e. The highest BCUT2D eigenvalue weighted by Crippen LogP contribution is 2.59. The summed E-state index contributed by atoms with van der Waals surface area (Å²) < 4.78 is 8.09. The van der Waals surface area contributed by atoms with E-state index in [9.17, 15) is 5.11 Å². The summed E-state index contributed by atoms with van der Waals surface area (Å²) in [6, 6.07) is 8.72. The van der Waals surface area contributed by atoms with Crippen molar-refractivity contribution in [3.8, 4) is 0 Å². The minimum absolute atomic E-state index is 0.229. The zero-order valence-corrected chi connectivity index (χ0v) is 20.8. The maximum Gasteiger partial charge on any atom is 0.229 e. The fraction of sp³-hybridized carbons (Fsp3) is 0.679. The Morgan fingerprint density at radius 2 is 1.80 bits per heavy atom. The average molecular weight is 476 g/mol. The monoisotopic (exact) mass is 475 g/mol. The molecule has 5 fully saturated rings. The van der Waals surface area contributed by atoms with Gasteiger partial charge in [0.25, 0.3) is 0 Å². The summed E-state index contributed by atoms with van der Waals surface area (Å²) in [6.45, 7) is 4.39. The molecule has 35 heavy (non-hydrogen) atoms. The van der Waals surface area contributed by atoms with E-state index in [-0.39, 0.29) is 5.54 Å². The molecule has 0 amide bonds. The predicted octanol–water partition coefficient (Wildman–Crippen LogP) is 4.48. The van der Waals surface area contributed by atoms with E-state index in [1.165, 1.54) is 49.9 Å². The van der Waals surface area contributed by atoms with E-state index in [2.05, 4.69) is 43.9 Å². The molecule has 1 aliphatic heterocycles. The van der Waals surface area contributed by atoms with Crippen LogP contribution in [0.15, 0.2) is 28.8 Å². The van der Waals surface area contributed by atoms with Crippen LogP contribution in [-0.4, -0.2) is 48.4 Å². The van der Waals surface area contributed by atoms with Crippen molar-refractivity contribution < 1.29 is 9.63 Å². The van der Waals surface area contributed by atoms with E-state index in [1.54, 1.807) is 0 Å². The average Bonchev–Trinajstić information content (AvgIpc) is 3.41. The van der Waals surface area contributed by atoms with Gasteiger partial charge in [-0.25, -0.2) is 4.98 Å². The third kappa shape index (κ3) is 3.82. The molecule has 3 aromatic rings. The molecule has 4 bridgehead atoms. The Kier molecular flexibility index (Phi) is 5.11. The maximum absolute atomic E-state index is 11.5. The lowest BCUT2D eigenvalue weighted by Crippen LogP contribution is -2.53.